The van der Waals surface area contributed by atoms with Crippen molar-refractivity contribution in [2.75, 3.05) is 11.4 Å². The number of para-hydroxylation sites is 1. The van der Waals surface area contributed by atoms with Crippen molar-refractivity contribution in [3.63, 3.8) is 0 Å². The van der Waals surface area contributed by atoms with Gasteiger partial charge < -0.3 is 10.6 Å². The first kappa shape index (κ1) is 10.6. The average molecular weight is 229 g/mol. The molecule has 17 heavy (non-hydrogen) atoms. The van der Waals surface area contributed by atoms with Crippen molar-refractivity contribution < 1.29 is 0 Å². The molecule has 0 radical (unpaired) electrons. The Morgan fingerprint density at radius 1 is 1.41 bits per heavy atom. The minimum Gasteiger partial charge on any atom is -0.384 e. The molecule has 3 nitrogen and oxygen atoms in total. The van der Waals surface area contributed by atoms with Crippen LogP contribution in [0.1, 0.15) is 30.4 Å². The highest BCUT2D eigenvalue weighted by atomic mass is 15.2. The molecule has 0 aromatic heterocycles. The van der Waals surface area contributed by atoms with Crippen LogP contribution in [0.2, 0.25) is 0 Å². The number of anilines is 1. The summed E-state index contributed by atoms with van der Waals surface area (Å²) in [4.78, 5) is 2.49. The predicted molar refractivity (Wildman–Crippen MR) is 70.7 cm³/mol. The Labute approximate surface area is 102 Å². The molecular weight excluding hydrogens is 210 g/mol. The smallest absolute Gasteiger partial charge is 0.124 e. The zero-order valence-electron chi connectivity index (χ0n) is 10.2. The number of rotatable bonds is 2. The standard InChI is InChI=1S/C14H19N3/c1-9-3-2-4-12(14(15)16)13(9)17-8-10-5-6-11(17)7-10/h2-4,10-11H,5-8H2,1H3,(H3,15,16). The molecule has 1 saturated carbocycles. The maximum Gasteiger partial charge on any atom is 0.124 e. The number of amidine groups is 1. The van der Waals surface area contributed by atoms with Crippen LogP contribution in [0.4, 0.5) is 5.69 Å². The third-order valence-electron chi connectivity index (χ3n) is 4.22. The van der Waals surface area contributed by atoms with Gasteiger partial charge in [-0.15, -0.1) is 0 Å². The van der Waals surface area contributed by atoms with Gasteiger partial charge in [0.05, 0.1) is 5.69 Å². The SMILES string of the molecule is Cc1cccc(C(=N)N)c1N1CC2CCC1C2. The summed E-state index contributed by atoms with van der Waals surface area (Å²) in [7, 11) is 0. The number of aryl methyl sites for hydroxylation is 1. The van der Waals surface area contributed by atoms with Crippen LogP contribution in [-0.2, 0) is 0 Å². The Kier molecular flexibility index (Phi) is 2.35. The number of nitrogens with two attached hydrogens (primary N) is 1. The van der Waals surface area contributed by atoms with Crippen molar-refractivity contribution in [1.82, 2.24) is 0 Å². The summed E-state index contributed by atoms with van der Waals surface area (Å²) in [5.41, 5.74) is 9.05. The summed E-state index contributed by atoms with van der Waals surface area (Å²) in [6, 6.07) is 6.76. The molecule has 1 heterocycles. The lowest BCUT2D eigenvalue weighted by Crippen LogP contribution is -2.34. The second-order valence-electron chi connectivity index (χ2n) is 5.37. The molecule has 2 unspecified atom stereocenters. The molecule has 1 aromatic carbocycles. The van der Waals surface area contributed by atoms with Gasteiger partial charge in [0.1, 0.15) is 5.84 Å². The molecule has 0 amide bonds. The predicted octanol–water partition coefficient (Wildman–Crippen LogP) is 2.27. The molecule has 2 aliphatic rings. The Morgan fingerprint density at radius 3 is 2.82 bits per heavy atom. The van der Waals surface area contributed by atoms with Crippen LogP contribution in [0.15, 0.2) is 18.2 Å². The molecule has 3 rings (SSSR count). The zero-order valence-corrected chi connectivity index (χ0v) is 10.2. The normalized spacial score (nSPS) is 26.5. The lowest BCUT2D eigenvalue weighted by molar-refractivity contribution is 0.553. The van der Waals surface area contributed by atoms with E-state index in [0.717, 1.165) is 18.0 Å². The van der Waals surface area contributed by atoms with E-state index in [2.05, 4.69) is 17.9 Å². The van der Waals surface area contributed by atoms with Crippen molar-refractivity contribution in [1.29, 1.82) is 5.41 Å². The van der Waals surface area contributed by atoms with Gasteiger partial charge in [-0.25, -0.2) is 0 Å². The number of piperidine rings is 1. The first-order valence-corrected chi connectivity index (χ1v) is 6.37. The maximum absolute atomic E-state index is 7.72. The van der Waals surface area contributed by atoms with Gasteiger partial charge >= 0.3 is 0 Å². The number of fused-ring (bicyclic) bond motifs is 2. The van der Waals surface area contributed by atoms with Crippen LogP contribution < -0.4 is 10.6 Å². The highest BCUT2D eigenvalue weighted by Crippen LogP contribution is 2.42. The highest BCUT2D eigenvalue weighted by Gasteiger charge is 2.39. The van der Waals surface area contributed by atoms with Crippen LogP contribution in [0.25, 0.3) is 0 Å². The second-order valence-corrected chi connectivity index (χ2v) is 5.37. The molecule has 2 bridgehead atoms. The van der Waals surface area contributed by atoms with Crippen molar-refractivity contribution in [2.24, 2.45) is 11.7 Å². The molecule has 90 valence electrons. The van der Waals surface area contributed by atoms with E-state index in [-0.39, 0.29) is 5.84 Å². The summed E-state index contributed by atoms with van der Waals surface area (Å²) in [6.45, 7) is 3.27. The van der Waals surface area contributed by atoms with Gasteiger partial charge in [-0.05, 0) is 43.7 Å². The molecule has 3 N–H and O–H groups in total. The van der Waals surface area contributed by atoms with Crippen LogP contribution in [0.3, 0.4) is 0 Å². The third kappa shape index (κ3) is 1.61. The molecule has 1 aromatic rings. The van der Waals surface area contributed by atoms with Crippen LogP contribution in [0.5, 0.6) is 0 Å². The second kappa shape index (κ2) is 3.76. The highest BCUT2D eigenvalue weighted by molar-refractivity contribution is 6.01. The zero-order chi connectivity index (χ0) is 12.0. The van der Waals surface area contributed by atoms with E-state index in [4.69, 9.17) is 11.1 Å². The van der Waals surface area contributed by atoms with E-state index in [1.165, 1.54) is 30.5 Å². The fourth-order valence-electron chi connectivity index (χ4n) is 3.46. The topological polar surface area (TPSA) is 53.1 Å². The van der Waals surface area contributed by atoms with Crippen molar-refractivity contribution in [3.05, 3.63) is 29.3 Å². The molecule has 1 aliphatic carbocycles. The van der Waals surface area contributed by atoms with Crippen LogP contribution >= 0.6 is 0 Å². The number of benzene rings is 1. The monoisotopic (exact) mass is 229 g/mol. The van der Waals surface area contributed by atoms with E-state index in [1.807, 2.05) is 12.1 Å². The molecule has 1 aliphatic heterocycles. The van der Waals surface area contributed by atoms with E-state index in [0.29, 0.717) is 6.04 Å². The fourth-order valence-corrected chi connectivity index (χ4v) is 3.46. The first-order chi connectivity index (χ1) is 8.16. The van der Waals surface area contributed by atoms with E-state index in [9.17, 15) is 0 Å². The average Bonchev–Trinajstić information content (AvgIpc) is 2.90. The molecule has 3 heteroatoms. The molecule has 2 fully saturated rings. The van der Waals surface area contributed by atoms with Crippen LogP contribution in [0, 0.1) is 18.3 Å². The van der Waals surface area contributed by atoms with Gasteiger partial charge in [0, 0.05) is 18.2 Å². The summed E-state index contributed by atoms with van der Waals surface area (Å²) in [6.07, 6.45) is 4.00. The summed E-state index contributed by atoms with van der Waals surface area (Å²) < 4.78 is 0. The number of hydrogen-bond acceptors (Lipinski definition) is 2. The Balaban J connectivity index is 2.05. The molecular formula is C14H19N3. The Hall–Kier alpha value is -1.51. The van der Waals surface area contributed by atoms with E-state index in [1.54, 1.807) is 0 Å². The minimum absolute atomic E-state index is 0.187. The van der Waals surface area contributed by atoms with E-state index >= 15 is 0 Å². The summed E-state index contributed by atoms with van der Waals surface area (Å²) in [5, 5.41) is 7.72. The maximum atomic E-state index is 7.72. The molecule has 1 saturated heterocycles. The van der Waals surface area contributed by atoms with Gasteiger partial charge in [0.25, 0.3) is 0 Å². The largest absolute Gasteiger partial charge is 0.384 e. The van der Waals surface area contributed by atoms with Crippen molar-refractivity contribution >= 4 is 11.5 Å². The van der Waals surface area contributed by atoms with Gasteiger partial charge in [-0.3, -0.25) is 5.41 Å². The number of nitrogens with one attached hydrogen (secondary N) is 1. The third-order valence-corrected chi connectivity index (χ3v) is 4.22. The lowest BCUT2D eigenvalue weighted by Gasteiger charge is -2.32. The van der Waals surface area contributed by atoms with Crippen molar-refractivity contribution in [3.8, 4) is 0 Å². The number of hydrogen-bond donors (Lipinski definition) is 2. The van der Waals surface area contributed by atoms with Gasteiger partial charge in [-0.1, -0.05) is 12.1 Å². The quantitative estimate of drug-likeness (QED) is 0.604. The Morgan fingerprint density at radius 2 is 2.24 bits per heavy atom. The lowest BCUT2D eigenvalue weighted by atomic mass is 10.0. The van der Waals surface area contributed by atoms with Crippen LogP contribution in [-0.4, -0.2) is 18.4 Å². The van der Waals surface area contributed by atoms with E-state index < -0.39 is 0 Å². The fraction of sp³-hybridized carbons (Fsp3) is 0.500. The Bertz CT molecular complexity index is 467. The summed E-state index contributed by atoms with van der Waals surface area (Å²) >= 11 is 0. The van der Waals surface area contributed by atoms with Crippen molar-refractivity contribution in [2.45, 2.75) is 32.2 Å². The number of nitrogen functional groups attached to an aromatic ring is 1. The van der Waals surface area contributed by atoms with Gasteiger partial charge in [0.15, 0.2) is 0 Å². The molecule has 0 spiro atoms. The molecule has 2 atom stereocenters. The van der Waals surface area contributed by atoms with Gasteiger partial charge in [0.2, 0.25) is 0 Å². The minimum atomic E-state index is 0.187. The first-order valence-electron chi connectivity index (χ1n) is 6.37. The number of nitrogens with zero attached hydrogens (tertiary/aromatic N) is 1. The van der Waals surface area contributed by atoms with Gasteiger partial charge in [-0.2, -0.15) is 0 Å². The summed E-state index contributed by atoms with van der Waals surface area (Å²) in [5.74, 6) is 1.05.